The maximum Gasteiger partial charge on any atom is 0.165 e. The van der Waals surface area contributed by atoms with Crippen LogP contribution in [-0.4, -0.2) is 24.0 Å². The lowest BCUT2D eigenvalue weighted by Crippen LogP contribution is -2.07. The highest BCUT2D eigenvalue weighted by atomic mass is 16.5. The second kappa shape index (κ2) is 4.78. The Morgan fingerprint density at radius 3 is 2.65 bits per heavy atom. The van der Waals surface area contributed by atoms with Crippen molar-refractivity contribution < 1.29 is 9.47 Å². The Morgan fingerprint density at radius 1 is 1.24 bits per heavy atom. The van der Waals surface area contributed by atoms with Gasteiger partial charge < -0.3 is 15.2 Å². The van der Waals surface area contributed by atoms with E-state index in [-0.39, 0.29) is 0 Å². The van der Waals surface area contributed by atoms with E-state index in [1.807, 2.05) is 18.2 Å². The molecule has 0 aliphatic carbocycles. The number of methoxy groups -OCH3 is 2. The number of ether oxygens (including phenoxy) is 2. The molecule has 0 saturated heterocycles. The van der Waals surface area contributed by atoms with Crippen LogP contribution in [0.1, 0.15) is 5.56 Å². The lowest BCUT2D eigenvalue weighted by Gasteiger charge is -2.13. The first-order valence-electron chi connectivity index (χ1n) is 5.23. The highest BCUT2D eigenvalue weighted by Gasteiger charge is 2.10. The number of rotatable bonds is 4. The fourth-order valence-electron chi connectivity index (χ4n) is 1.71. The van der Waals surface area contributed by atoms with Crippen molar-refractivity contribution in [1.82, 2.24) is 9.78 Å². The fraction of sp³-hybridized carbons (Fsp3) is 0.250. The molecule has 1 aromatic heterocycles. The van der Waals surface area contributed by atoms with Crippen LogP contribution in [0.4, 0.5) is 5.82 Å². The lowest BCUT2D eigenvalue weighted by atomic mass is 10.2. The van der Waals surface area contributed by atoms with E-state index in [0.29, 0.717) is 23.9 Å². The number of para-hydroxylation sites is 1. The second-order valence-electron chi connectivity index (χ2n) is 3.57. The van der Waals surface area contributed by atoms with Gasteiger partial charge in [0, 0.05) is 5.56 Å². The van der Waals surface area contributed by atoms with Crippen molar-refractivity contribution in [2.24, 2.45) is 0 Å². The largest absolute Gasteiger partial charge is 0.493 e. The van der Waals surface area contributed by atoms with Crippen molar-refractivity contribution in [3.8, 4) is 11.5 Å². The van der Waals surface area contributed by atoms with Crippen LogP contribution < -0.4 is 15.2 Å². The van der Waals surface area contributed by atoms with Gasteiger partial charge in [-0.05, 0) is 12.1 Å². The van der Waals surface area contributed by atoms with E-state index in [0.717, 1.165) is 5.56 Å². The van der Waals surface area contributed by atoms with Crippen LogP contribution in [0, 0.1) is 0 Å². The average Bonchev–Trinajstić information content (AvgIpc) is 2.74. The molecule has 0 aliphatic rings. The molecule has 0 bridgehead atoms. The molecule has 1 aromatic carbocycles. The zero-order valence-electron chi connectivity index (χ0n) is 9.88. The maximum absolute atomic E-state index is 5.78. The second-order valence-corrected chi connectivity index (χ2v) is 3.57. The third-order valence-corrected chi connectivity index (χ3v) is 2.55. The summed E-state index contributed by atoms with van der Waals surface area (Å²) in [7, 11) is 3.23. The predicted octanol–water partition coefficient (Wildman–Crippen LogP) is 1.53. The van der Waals surface area contributed by atoms with Crippen molar-refractivity contribution >= 4 is 5.82 Å². The first kappa shape index (κ1) is 11.3. The van der Waals surface area contributed by atoms with Crippen LogP contribution in [0.15, 0.2) is 30.5 Å². The highest BCUT2D eigenvalue weighted by Crippen LogP contribution is 2.31. The molecule has 0 amide bonds. The Bertz CT molecular complexity index is 508. The summed E-state index contributed by atoms with van der Waals surface area (Å²) in [5.74, 6) is 2.04. The number of hydrogen-bond acceptors (Lipinski definition) is 4. The molecular weight excluding hydrogens is 218 g/mol. The van der Waals surface area contributed by atoms with Gasteiger partial charge in [-0.3, -0.25) is 0 Å². The van der Waals surface area contributed by atoms with Crippen molar-refractivity contribution in [2.75, 3.05) is 20.0 Å². The zero-order chi connectivity index (χ0) is 12.3. The molecule has 0 saturated carbocycles. The van der Waals surface area contributed by atoms with Gasteiger partial charge in [0.2, 0.25) is 0 Å². The van der Waals surface area contributed by atoms with Gasteiger partial charge in [0.15, 0.2) is 11.5 Å². The monoisotopic (exact) mass is 233 g/mol. The van der Waals surface area contributed by atoms with Crippen LogP contribution in [0.5, 0.6) is 11.5 Å². The summed E-state index contributed by atoms with van der Waals surface area (Å²) < 4.78 is 12.3. The van der Waals surface area contributed by atoms with Gasteiger partial charge in [0.25, 0.3) is 0 Å². The summed E-state index contributed by atoms with van der Waals surface area (Å²) in [6.45, 7) is 0.555. The number of nitrogens with two attached hydrogens (primary N) is 1. The van der Waals surface area contributed by atoms with E-state index in [4.69, 9.17) is 15.2 Å². The maximum atomic E-state index is 5.78. The minimum atomic E-state index is 0.555. The lowest BCUT2D eigenvalue weighted by molar-refractivity contribution is 0.350. The minimum Gasteiger partial charge on any atom is -0.493 e. The van der Waals surface area contributed by atoms with Crippen LogP contribution in [0.25, 0.3) is 0 Å². The Morgan fingerprint density at radius 2 is 2.06 bits per heavy atom. The molecule has 2 rings (SSSR count). The number of nitrogen functional groups attached to an aromatic ring is 1. The van der Waals surface area contributed by atoms with Crippen molar-refractivity contribution in [2.45, 2.75) is 6.54 Å². The number of benzene rings is 1. The third-order valence-electron chi connectivity index (χ3n) is 2.55. The average molecular weight is 233 g/mol. The van der Waals surface area contributed by atoms with Gasteiger partial charge in [-0.2, -0.15) is 5.10 Å². The Labute approximate surface area is 99.8 Å². The standard InChI is InChI=1S/C12H15N3O2/c1-16-10-5-3-4-9(12(10)17-2)8-15-11(13)6-7-14-15/h3-7H,8,13H2,1-2H3. The van der Waals surface area contributed by atoms with E-state index in [2.05, 4.69) is 5.10 Å². The molecule has 0 spiro atoms. The molecule has 2 N–H and O–H groups in total. The Kier molecular flexibility index (Phi) is 3.18. The minimum absolute atomic E-state index is 0.555. The summed E-state index contributed by atoms with van der Waals surface area (Å²) >= 11 is 0. The molecule has 2 aromatic rings. The van der Waals surface area contributed by atoms with Crippen LogP contribution >= 0.6 is 0 Å². The third kappa shape index (κ3) is 2.18. The van der Waals surface area contributed by atoms with E-state index in [9.17, 15) is 0 Å². The summed E-state index contributed by atoms with van der Waals surface area (Å²) in [6.07, 6.45) is 1.67. The zero-order valence-corrected chi connectivity index (χ0v) is 9.88. The van der Waals surface area contributed by atoms with Crippen LogP contribution in [-0.2, 0) is 6.54 Å². The summed E-state index contributed by atoms with van der Waals surface area (Å²) in [6, 6.07) is 7.49. The van der Waals surface area contributed by atoms with E-state index in [1.54, 1.807) is 31.2 Å². The SMILES string of the molecule is COc1cccc(Cn2nccc2N)c1OC. The van der Waals surface area contributed by atoms with Crippen molar-refractivity contribution in [3.63, 3.8) is 0 Å². The van der Waals surface area contributed by atoms with Crippen LogP contribution in [0.2, 0.25) is 0 Å². The number of nitrogens with zero attached hydrogens (tertiary/aromatic N) is 2. The molecule has 5 heteroatoms. The molecule has 0 radical (unpaired) electrons. The number of aromatic nitrogens is 2. The molecule has 0 atom stereocenters. The summed E-state index contributed by atoms with van der Waals surface area (Å²) in [5, 5.41) is 4.14. The predicted molar refractivity (Wildman–Crippen MR) is 65.3 cm³/mol. The summed E-state index contributed by atoms with van der Waals surface area (Å²) in [5.41, 5.74) is 6.75. The quantitative estimate of drug-likeness (QED) is 0.870. The number of anilines is 1. The molecule has 0 aliphatic heterocycles. The Hall–Kier alpha value is -2.17. The smallest absolute Gasteiger partial charge is 0.165 e. The molecule has 0 fully saturated rings. The van der Waals surface area contributed by atoms with E-state index < -0.39 is 0 Å². The summed E-state index contributed by atoms with van der Waals surface area (Å²) in [4.78, 5) is 0. The topological polar surface area (TPSA) is 62.3 Å². The van der Waals surface area contributed by atoms with Crippen molar-refractivity contribution in [3.05, 3.63) is 36.0 Å². The van der Waals surface area contributed by atoms with Gasteiger partial charge in [0.05, 0.1) is 27.0 Å². The molecule has 5 nitrogen and oxygen atoms in total. The van der Waals surface area contributed by atoms with Gasteiger partial charge in [-0.1, -0.05) is 12.1 Å². The first-order chi connectivity index (χ1) is 8.26. The van der Waals surface area contributed by atoms with Crippen LogP contribution in [0.3, 0.4) is 0 Å². The molecule has 90 valence electrons. The molecular formula is C12H15N3O2. The molecule has 17 heavy (non-hydrogen) atoms. The van der Waals surface area contributed by atoms with Gasteiger partial charge >= 0.3 is 0 Å². The van der Waals surface area contributed by atoms with E-state index in [1.165, 1.54) is 0 Å². The highest BCUT2D eigenvalue weighted by molar-refractivity contribution is 5.47. The van der Waals surface area contributed by atoms with Gasteiger partial charge in [0.1, 0.15) is 5.82 Å². The molecule has 0 unspecified atom stereocenters. The van der Waals surface area contributed by atoms with Gasteiger partial charge in [-0.25, -0.2) is 4.68 Å². The normalized spacial score (nSPS) is 10.2. The number of hydrogen-bond donors (Lipinski definition) is 1. The van der Waals surface area contributed by atoms with Crippen molar-refractivity contribution in [1.29, 1.82) is 0 Å². The first-order valence-corrected chi connectivity index (χ1v) is 5.23. The molecule has 1 heterocycles. The van der Waals surface area contributed by atoms with E-state index >= 15 is 0 Å². The van der Waals surface area contributed by atoms with Gasteiger partial charge in [-0.15, -0.1) is 0 Å². The fourth-order valence-corrected chi connectivity index (χ4v) is 1.71. The Balaban J connectivity index is 2.36.